The SMILES string of the molecule is COc1ccccc1CNc1ccnc(N2CCC3(CC2)OCCO3)n1. The van der Waals surface area contributed by atoms with Gasteiger partial charge in [0, 0.05) is 44.2 Å². The Morgan fingerprint density at radius 1 is 1.15 bits per heavy atom. The first-order valence-electron chi connectivity index (χ1n) is 9.00. The molecule has 138 valence electrons. The van der Waals surface area contributed by atoms with Crippen molar-refractivity contribution >= 4 is 11.8 Å². The topological polar surface area (TPSA) is 68.7 Å². The average Bonchev–Trinajstić information content (AvgIpc) is 3.15. The lowest BCUT2D eigenvalue weighted by Crippen LogP contribution is -2.45. The molecule has 2 aliphatic heterocycles. The molecule has 7 heteroatoms. The summed E-state index contributed by atoms with van der Waals surface area (Å²) in [6.07, 6.45) is 3.48. The minimum atomic E-state index is -0.379. The van der Waals surface area contributed by atoms with Crippen molar-refractivity contribution in [2.45, 2.75) is 25.2 Å². The molecule has 0 bridgehead atoms. The third kappa shape index (κ3) is 3.59. The Kier molecular flexibility index (Phi) is 4.90. The quantitative estimate of drug-likeness (QED) is 0.882. The fourth-order valence-electron chi connectivity index (χ4n) is 3.47. The number of aromatic nitrogens is 2. The first kappa shape index (κ1) is 17.1. The standard InChI is InChI=1S/C19H24N4O3/c1-24-16-5-3-2-4-15(16)14-21-17-6-9-20-18(22-17)23-10-7-19(8-11-23)25-12-13-26-19/h2-6,9H,7-8,10-14H2,1H3,(H,20,21,22). The van der Waals surface area contributed by atoms with Crippen LogP contribution >= 0.6 is 0 Å². The molecule has 0 unspecified atom stereocenters. The molecular weight excluding hydrogens is 332 g/mol. The van der Waals surface area contributed by atoms with Crippen LogP contribution in [0.1, 0.15) is 18.4 Å². The van der Waals surface area contributed by atoms with E-state index in [2.05, 4.69) is 20.2 Å². The summed E-state index contributed by atoms with van der Waals surface area (Å²) in [5.74, 6) is 2.03. The summed E-state index contributed by atoms with van der Waals surface area (Å²) in [5, 5.41) is 3.36. The van der Waals surface area contributed by atoms with E-state index in [1.54, 1.807) is 13.3 Å². The molecule has 2 aromatic rings. The van der Waals surface area contributed by atoms with Crippen LogP contribution in [0, 0.1) is 0 Å². The lowest BCUT2D eigenvalue weighted by atomic mass is 10.0. The largest absolute Gasteiger partial charge is 0.496 e. The molecule has 26 heavy (non-hydrogen) atoms. The third-order valence-corrected chi connectivity index (χ3v) is 4.92. The summed E-state index contributed by atoms with van der Waals surface area (Å²) in [5.41, 5.74) is 1.09. The number of para-hydroxylation sites is 1. The van der Waals surface area contributed by atoms with Gasteiger partial charge in [0.25, 0.3) is 0 Å². The van der Waals surface area contributed by atoms with E-state index in [-0.39, 0.29) is 5.79 Å². The summed E-state index contributed by atoms with van der Waals surface area (Å²) in [6.45, 7) is 3.69. The molecule has 7 nitrogen and oxygen atoms in total. The first-order chi connectivity index (χ1) is 12.8. The summed E-state index contributed by atoms with van der Waals surface area (Å²) < 4.78 is 17.0. The normalized spacial score (nSPS) is 18.9. The molecule has 1 aromatic heterocycles. The van der Waals surface area contributed by atoms with Gasteiger partial charge in [0.1, 0.15) is 11.6 Å². The van der Waals surface area contributed by atoms with Crippen LogP contribution in [0.15, 0.2) is 36.5 Å². The number of hydrogen-bond donors (Lipinski definition) is 1. The molecule has 0 amide bonds. The molecule has 1 aromatic carbocycles. The molecule has 2 aliphatic rings. The molecule has 0 radical (unpaired) electrons. The smallest absolute Gasteiger partial charge is 0.227 e. The van der Waals surface area contributed by atoms with Gasteiger partial charge in [0.05, 0.1) is 20.3 Å². The van der Waals surface area contributed by atoms with Crippen LogP contribution in [0.2, 0.25) is 0 Å². The second kappa shape index (κ2) is 7.47. The van der Waals surface area contributed by atoms with Crippen molar-refractivity contribution in [3.8, 4) is 5.75 Å². The Labute approximate surface area is 153 Å². The fourth-order valence-corrected chi connectivity index (χ4v) is 3.47. The number of anilines is 2. The molecule has 2 saturated heterocycles. The molecule has 1 spiro atoms. The minimum absolute atomic E-state index is 0.379. The van der Waals surface area contributed by atoms with E-state index in [4.69, 9.17) is 14.2 Å². The summed E-state index contributed by atoms with van der Waals surface area (Å²) in [6, 6.07) is 9.85. The molecule has 0 saturated carbocycles. The van der Waals surface area contributed by atoms with Gasteiger partial charge in [-0.25, -0.2) is 4.98 Å². The predicted octanol–water partition coefficient (Wildman–Crippen LogP) is 2.44. The van der Waals surface area contributed by atoms with E-state index in [0.29, 0.717) is 19.8 Å². The van der Waals surface area contributed by atoms with Crippen molar-refractivity contribution in [1.82, 2.24) is 9.97 Å². The van der Waals surface area contributed by atoms with E-state index in [1.807, 2.05) is 30.3 Å². The van der Waals surface area contributed by atoms with Crippen LogP contribution < -0.4 is 15.0 Å². The molecular formula is C19H24N4O3. The zero-order chi connectivity index (χ0) is 17.8. The van der Waals surface area contributed by atoms with Crippen LogP contribution in [0.4, 0.5) is 11.8 Å². The first-order valence-corrected chi connectivity index (χ1v) is 9.00. The van der Waals surface area contributed by atoms with Crippen LogP contribution in [-0.4, -0.2) is 49.2 Å². The van der Waals surface area contributed by atoms with Crippen molar-refractivity contribution < 1.29 is 14.2 Å². The monoisotopic (exact) mass is 356 g/mol. The number of nitrogens with one attached hydrogen (secondary N) is 1. The van der Waals surface area contributed by atoms with E-state index in [9.17, 15) is 0 Å². The third-order valence-electron chi connectivity index (χ3n) is 4.92. The number of nitrogens with zero attached hydrogens (tertiary/aromatic N) is 3. The Hall–Kier alpha value is -2.38. The zero-order valence-corrected chi connectivity index (χ0v) is 15.0. The highest BCUT2D eigenvalue weighted by atomic mass is 16.7. The highest BCUT2D eigenvalue weighted by molar-refractivity contribution is 5.43. The Morgan fingerprint density at radius 3 is 2.69 bits per heavy atom. The second-order valence-corrected chi connectivity index (χ2v) is 6.50. The highest BCUT2D eigenvalue weighted by Gasteiger charge is 2.40. The Balaban J connectivity index is 1.39. The molecule has 4 rings (SSSR count). The van der Waals surface area contributed by atoms with Gasteiger partial charge in [-0.1, -0.05) is 18.2 Å². The predicted molar refractivity (Wildman–Crippen MR) is 98.4 cm³/mol. The maximum absolute atomic E-state index is 5.78. The van der Waals surface area contributed by atoms with Gasteiger partial charge in [0.2, 0.25) is 5.95 Å². The van der Waals surface area contributed by atoms with E-state index < -0.39 is 0 Å². The maximum atomic E-state index is 5.78. The lowest BCUT2D eigenvalue weighted by Gasteiger charge is -2.37. The van der Waals surface area contributed by atoms with Gasteiger partial charge in [-0.2, -0.15) is 4.98 Å². The van der Waals surface area contributed by atoms with Crippen LogP contribution in [0.5, 0.6) is 5.75 Å². The van der Waals surface area contributed by atoms with E-state index in [0.717, 1.165) is 49.0 Å². The molecule has 1 N–H and O–H groups in total. The van der Waals surface area contributed by atoms with Crippen molar-refractivity contribution in [3.63, 3.8) is 0 Å². The molecule has 0 aliphatic carbocycles. The van der Waals surface area contributed by atoms with Crippen LogP contribution in [-0.2, 0) is 16.0 Å². The second-order valence-electron chi connectivity index (χ2n) is 6.50. The van der Waals surface area contributed by atoms with Crippen molar-refractivity contribution in [1.29, 1.82) is 0 Å². The van der Waals surface area contributed by atoms with Gasteiger partial charge < -0.3 is 24.4 Å². The summed E-state index contributed by atoms with van der Waals surface area (Å²) in [7, 11) is 1.68. The number of piperidine rings is 1. The minimum Gasteiger partial charge on any atom is -0.496 e. The highest BCUT2D eigenvalue weighted by Crippen LogP contribution is 2.32. The van der Waals surface area contributed by atoms with Crippen LogP contribution in [0.3, 0.4) is 0 Å². The number of methoxy groups -OCH3 is 1. The zero-order valence-electron chi connectivity index (χ0n) is 15.0. The fraction of sp³-hybridized carbons (Fsp3) is 0.474. The van der Waals surface area contributed by atoms with E-state index >= 15 is 0 Å². The number of ether oxygens (including phenoxy) is 3. The van der Waals surface area contributed by atoms with Gasteiger partial charge >= 0.3 is 0 Å². The van der Waals surface area contributed by atoms with Crippen molar-refractivity contribution in [2.24, 2.45) is 0 Å². The molecule has 3 heterocycles. The maximum Gasteiger partial charge on any atom is 0.227 e. The number of rotatable bonds is 5. The molecule has 2 fully saturated rings. The summed E-state index contributed by atoms with van der Waals surface area (Å²) >= 11 is 0. The number of benzene rings is 1. The Morgan fingerprint density at radius 2 is 1.92 bits per heavy atom. The lowest BCUT2D eigenvalue weighted by molar-refractivity contribution is -0.169. The van der Waals surface area contributed by atoms with Gasteiger partial charge in [-0.3, -0.25) is 0 Å². The molecule has 0 atom stereocenters. The van der Waals surface area contributed by atoms with Crippen molar-refractivity contribution in [2.75, 3.05) is 43.6 Å². The van der Waals surface area contributed by atoms with Gasteiger partial charge in [-0.15, -0.1) is 0 Å². The Bertz CT molecular complexity index is 739. The number of hydrogen-bond acceptors (Lipinski definition) is 7. The van der Waals surface area contributed by atoms with Gasteiger partial charge in [0.15, 0.2) is 5.79 Å². The summed E-state index contributed by atoms with van der Waals surface area (Å²) in [4.78, 5) is 11.3. The average molecular weight is 356 g/mol. The van der Waals surface area contributed by atoms with Crippen LogP contribution in [0.25, 0.3) is 0 Å². The van der Waals surface area contributed by atoms with E-state index in [1.165, 1.54) is 0 Å². The van der Waals surface area contributed by atoms with Crippen molar-refractivity contribution in [3.05, 3.63) is 42.1 Å². The van der Waals surface area contributed by atoms with Gasteiger partial charge in [-0.05, 0) is 12.1 Å².